The smallest absolute Gasteiger partial charge is 0.199 e. The van der Waals surface area contributed by atoms with E-state index in [2.05, 4.69) is 59.6 Å². The van der Waals surface area contributed by atoms with Gasteiger partial charge in [0.1, 0.15) is 5.71 Å². The Bertz CT molecular complexity index is 1180. The van der Waals surface area contributed by atoms with Gasteiger partial charge in [-0.25, -0.2) is 9.98 Å². The molecule has 5 nitrogen and oxygen atoms in total. The molecule has 2 aromatic carbocycles. The molecule has 0 saturated carbocycles. The van der Waals surface area contributed by atoms with Crippen molar-refractivity contribution in [3.63, 3.8) is 0 Å². The lowest BCUT2D eigenvalue weighted by Gasteiger charge is -2.31. The van der Waals surface area contributed by atoms with Crippen molar-refractivity contribution in [1.29, 1.82) is 0 Å². The molecule has 2 aliphatic heterocycles. The van der Waals surface area contributed by atoms with Gasteiger partial charge in [0, 0.05) is 30.8 Å². The molecule has 7 heteroatoms. The maximum Gasteiger partial charge on any atom is 0.199 e. The molecule has 0 aliphatic carbocycles. The van der Waals surface area contributed by atoms with Crippen LogP contribution in [0.3, 0.4) is 0 Å². The van der Waals surface area contributed by atoms with Gasteiger partial charge >= 0.3 is 0 Å². The van der Waals surface area contributed by atoms with E-state index in [-0.39, 0.29) is 6.10 Å². The number of aromatic nitrogens is 1. The highest BCUT2D eigenvalue weighted by atomic mass is 35.5. The van der Waals surface area contributed by atoms with Crippen LogP contribution in [0.2, 0.25) is 0 Å². The number of benzene rings is 2. The molecule has 5 rings (SSSR count). The number of piperidine rings is 1. The Hall–Kier alpha value is -2.70. The van der Waals surface area contributed by atoms with Gasteiger partial charge in [0.25, 0.3) is 0 Å². The molecule has 1 saturated heterocycles. The number of hydrogen-bond acceptors (Lipinski definition) is 5. The second-order valence-corrected chi connectivity index (χ2v) is 9.98. The fourth-order valence-electron chi connectivity index (χ4n) is 4.30. The van der Waals surface area contributed by atoms with E-state index in [1.54, 1.807) is 11.3 Å². The summed E-state index contributed by atoms with van der Waals surface area (Å²) in [6.07, 6.45) is 2.77. The van der Waals surface area contributed by atoms with Crippen LogP contribution in [0.1, 0.15) is 58.7 Å². The third kappa shape index (κ3) is 4.97. The number of hydrogen-bond donors (Lipinski definition) is 0. The maximum atomic E-state index is 6.60. The second kappa shape index (κ2) is 9.65. The standard InChI is InChI=1S/C26H27ClN4OS/c1-17-8-9-18(2)21(14-17)29-26(27)31-12-10-20(11-13-31)25-28-23(16-33-25)22-15-24(32-30-22)19-6-4-3-5-7-19/h3-9,14,16,20,24H,10-13,15H2,1-2H3/b29-26+. The first kappa shape index (κ1) is 22.1. The first-order valence-corrected chi connectivity index (χ1v) is 12.6. The van der Waals surface area contributed by atoms with Crippen LogP contribution in [0.25, 0.3) is 0 Å². The van der Waals surface area contributed by atoms with Crippen molar-refractivity contribution in [1.82, 2.24) is 9.88 Å². The number of thiazole rings is 1. The SMILES string of the molecule is Cc1ccc(C)c(/N=C(\Cl)N2CCC(c3nc(C4=NOC(c5ccccc5)C4)cs3)CC2)c1. The molecule has 170 valence electrons. The highest BCUT2D eigenvalue weighted by Crippen LogP contribution is 2.34. The van der Waals surface area contributed by atoms with E-state index in [1.165, 1.54) is 10.6 Å². The molecule has 0 bridgehead atoms. The van der Waals surface area contributed by atoms with E-state index < -0.39 is 0 Å². The molecule has 1 aromatic heterocycles. The van der Waals surface area contributed by atoms with Crippen LogP contribution >= 0.6 is 22.9 Å². The highest BCUT2D eigenvalue weighted by molar-refractivity contribution is 7.10. The number of nitrogens with zero attached hydrogens (tertiary/aromatic N) is 4. The number of halogens is 1. The Morgan fingerprint density at radius 2 is 1.91 bits per heavy atom. The Balaban J connectivity index is 1.19. The lowest BCUT2D eigenvalue weighted by molar-refractivity contribution is 0.0857. The van der Waals surface area contributed by atoms with Crippen molar-refractivity contribution in [2.75, 3.05) is 13.1 Å². The Labute approximate surface area is 203 Å². The first-order valence-electron chi connectivity index (χ1n) is 11.4. The highest BCUT2D eigenvalue weighted by Gasteiger charge is 2.28. The van der Waals surface area contributed by atoms with Gasteiger partial charge in [0.15, 0.2) is 11.4 Å². The molecule has 0 spiro atoms. The minimum Gasteiger partial charge on any atom is -0.387 e. The van der Waals surface area contributed by atoms with Gasteiger partial charge < -0.3 is 9.74 Å². The van der Waals surface area contributed by atoms with Crippen LogP contribution in [-0.4, -0.2) is 34.0 Å². The zero-order valence-corrected chi connectivity index (χ0v) is 20.4. The van der Waals surface area contributed by atoms with Crippen molar-refractivity contribution < 1.29 is 4.84 Å². The molecule has 3 aromatic rings. The third-order valence-electron chi connectivity index (χ3n) is 6.34. The van der Waals surface area contributed by atoms with Crippen molar-refractivity contribution >= 4 is 39.6 Å². The molecule has 0 amide bonds. The number of likely N-dealkylation sites (tertiary alicyclic amines) is 1. The average Bonchev–Trinajstić information content (AvgIpc) is 3.52. The molecule has 1 unspecified atom stereocenters. The van der Waals surface area contributed by atoms with Gasteiger partial charge in [0.05, 0.1) is 16.4 Å². The van der Waals surface area contributed by atoms with E-state index >= 15 is 0 Å². The van der Waals surface area contributed by atoms with Gasteiger partial charge in [-0.1, -0.05) is 47.6 Å². The Morgan fingerprint density at radius 3 is 2.70 bits per heavy atom. The summed E-state index contributed by atoms with van der Waals surface area (Å²) in [5.74, 6) is 0.443. The summed E-state index contributed by atoms with van der Waals surface area (Å²) in [7, 11) is 0. The summed E-state index contributed by atoms with van der Waals surface area (Å²) in [6, 6.07) is 16.5. The molecule has 0 N–H and O–H groups in total. The molecule has 0 radical (unpaired) electrons. The van der Waals surface area contributed by atoms with Crippen molar-refractivity contribution in [3.05, 3.63) is 81.3 Å². The average molecular weight is 479 g/mol. The van der Waals surface area contributed by atoms with Crippen LogP contribution in [-0.2, 0) is 4.84 Å². The van der Waals surface area contributed by atoms with Crippen LogP contribution in [0, 0.1) is 13.8 Å². The minimum absolute atomic E-state index is 0.0203. The zero-order valence-electron chi connectivity index (χ0n) is 18.9. The summed E-state index contributed by atoms with van der Waals surface area (Å²) in [4.78, 5) is 17.5. The fourth-order valence-corrected chi connectivity index (χ4v) is 5.56. The van der Waals surface area contributed by atoms with E-state index in [1.807, 2.05) is 18.2 Å². The number of aryl methyl sites for hydroxylation is 2. The largest absolute Gasteiger partial charge is 0.387 e. The van der Waals surface area contributed by atoms with Gasteiger partial charge in [-0.3, -0.25) is 0 Å². The summed E-state index contributed by atoms with van der Waals surface area (Å²) in [5, 5.41) is 8.20. The van der Waals surface area contributed by atoms with Crippen molar-refractivity contribution in [2.45, 2.75) is 45.1 Å². The predicted molar refractivity (Wildman–Crippen MR) is 136 cm³/mol. The van der Waals surface area contributed by atoms with Crippen molar-refractivity contribution in [2.24, 2.45) is 10.1 Å². The van der Waals surface area contributed by atoms with Crippen molar-refractivity contribution in [3.8, 4) is 0 Å². The van der Waals surface area contributed by atoms with E-state index in [0.29, 0.717) is 11.2 Å². The Morgan fingerprint density at radius 1 is 1.12 bits per heavy atom. The number of amidine groups is 1. The molecular weight excluding hydrogens is 452 g/mol. The van der Waals surface area contributed by atoms with Gasteiger partial charge in [-0.2, -0.15) is 0 Å². The third-order valence-corrected chi connectivity index (χ3v) is 7.67. The molecular formula is C26H27ClN4OS. The van der Waals surface area contributed by atoms with Crippen LogP contribution in [0.4, 0.5) is 5.69 Å². The Kier molecular flexibility index (Phi) is 6.47. The lowest BCUT2D eigenvalue weighted by Crippen LogP contribution is -2.35. The first-order chi connectivity index (χ1) is 16.1. The van der Waals surface area contributed by atoms with Gasteiger partial charge in [-0.05, 0) is 61.0 Å². The lowest BCUT2D eigenvalue weighted by atomic mass is 9.98. The summed E-state index contributed by atoms with van der Waals surface area (Å²) < 4.78 is 0. The van der Waals surface area contributed by atoms with Crippen LogP contribution in [0.15, 0.2) is 64.1 Å². The van der Waals surface area contributed by atoms with Crippen LogP contribution in [0.5, 0.6) is 0 Å². The van der Waals surface area contributed by atoms with E-state index in [0.717, 1.165) is 60.6 Å². The van der Waals surface area contributed by atoms with Crippen LogP contribution < -0.4 is 0 Å². The predicted octanol–water partition coefficient (Wildman–Crippen LogP) is 6.73. The zero-order chi connectivity index (χ0) is 22.8. The summed E-state index contributed by atoms with van der Waals surface area (Å²) in [6.45, 7) is 5.90. The molecule has 1 atom stereocenters. The monoisotopic (exact) mass is 478 g/mol. The minimum atomic E-state index is -0.0203. The van der Waals surface area contributed by atoms with Gasteiger partial charge in [-0.15, -0.1) is 11.3 Å². The number of aliphatic imine (C=N–C) groups is 1. The normalized spacial score (nSPS) is 19.5. The maximum absolute atomic E-state index is 6.60. The quantitative estimate of drug-likeness (QED) is 0.237. The molecule has 1 fully saturated rings. The molecule has 2 aliphatic rings. The topological polar surface area (TPSA) is 50.1 Å². The summed E-state index contributed by atoms with van der Waals surface area (Å²) in [5.41, 5.74) is 6.31. The van der Waals surface area contributed by atoms with Gasteiger partial charge in [0.2, 0.25) is 0 Å². The van der Waals surface area contributed by atoms with E-state index in [4.69, 9.17) is 26.4 Å². The second-order valence-electron chi connectivity index (χ2n) is 8.75. The number of oxime groups is 1. The number of rotatable bonds is 4. The summed E-state index contributed by atoms with van der Waals surface area (Å²) >= 11 is 8.33. The fraction of sp³-hybridized carbons (Fsp3) is 0.346. The molecule has 33 heavy (non-hydrogen) atoms. The van der Waals surface area contributed by atoms with E-state index in [9.17, 15) is 0 Å². The molecule has 3 heterocycles.